The van der Waals surface area contributed by atoms with Crippen molar-refractivity contribution in [1.29, 1.82) is 0 Å². The standard InChI is InChI=1S/C8H11F4NO2/c1-2-15-5-3-4-13-7(14)8(11,12)6(9)10/h2,6H,1,3-5H2,(H,13,14). The summed E-state index contributed by atoms with van der Waals surface area (Å²) in [7, 11) is 0. The summed E-state index contributed by atoms with van der Waals surface area (Å²) >= 11 is 0. The van der Waals surface area contributed by atoms with Gasteiger partial charge in [-0.1, -0.05) is 6.58 Å². The molecule has 0 atom stereocenters. The molecular formula is C8H11F4NO2. The minimum Gasteiger partial charge on any atom is -0.502 e. The summed E-state index contributed by atoms with van der Waals surface area (Å²) in [5, 5.41) is 1.68. The van der Waals surface area contributed by atoms with Gasteiger partial charge in [0.1, 0.15) is 0 Å². The molecule has 0 heterocycles. The van der Waals surface area contributed by atoms with Crippen LogP contribution in [0.4, 0.5) is 17.6 Å². The van der Waals surface area contributed by atoms with Crippen LogP contribution >= 0.6 is 0 Å². The Morgan fingerprint density at radius 1 is 1.53 bits per heavy atom. The molecule has 0 aromatic carbocycles. The van der Waals surface area contributed by atoms with Gasteiger partial charge in [0.25, 0.3) is 5.91 Å². The molecule has 0 saturated carbocycles. The molecular weight excluding hydrogens is 218 g/mol. The van der Waals surface area contributed by atoms with Gasteiger partial charge in [-0.25, -0.2) is 8.78 Å². The number of alkyl halides is 4. The second-order valence-electron chi connectivity index (χ2n) is 2.57. The van der Waals surface area contributed by atoms with Crippen LogP contribution in [0.5, 0.6) is 0 Å². The van der Waals surface area contributed by atoms with E-state index >= 15 is 0 Å². The summed E-state index contributed by atoms with van der Waals surface area (Å²) in [4.78, 5) is 10.5. The Labute approximate surface area is 84.1 Å². The van der Waals surface area contributed by atoms with Crippen LogP contribution in [-0.2, 0) is 9.53 Å². The first kappa shape index (κ1) is 13.7. The summed E-state index contributed by atoms with van der Waals surface area (Å²) in [6.07, 6.45) is -2.62. The van der Waals surface area contributed by atoms with E-state index in [-0.39, 0.29) is 19.6 Å². The van der Waals surface area contributed by atoms with E-state index in [0.29, 0.717) is 0 Å². The normalized spacial score (nSPS) is 11.3. The zero-order valence-electron chi connectivity index (χ0n) is 7.81. The molecule has 0 unspecified atom stereocenters. The van der Waals surface area contributed by atoms with Crippen LogP contribution in [0.3, 0.4) is 0 Å². The van der Waals surface area contributed by atoms with Gasteiger partial charge >= 0.3 is 12.3 Å². The van der Waals surface area contributed by atoms with Crippen molar-refractivity contribution in [3.63, 3.8) is 0 Å². The number of halogens is 4. The maximum Gasteiger partial charge on any atom is 0.383 e. The third-order valence-corrected chi connectivity index (χ3v) is 1.42. The molecule has 0 saturated heterocycles. The quantitative estimate of drug-likeness (QED) is 0.408. The predicted molar refractivity (Wildman–Crippen MR) is 44.7 cm³/mol. The van der Waals surface area contributed by atoms with Crippen LogP contribution < -0.4 is 5.32 Å². The minimum absolute atomic E-state index is 0.158. The summed E-state index contributed by atoms with van der Waals surface area (Å²) in [5.74, 6) is -6.62. The summed E-state index contributed by atoms with van der Waals surface area (Å²) in [6, 6.07) is 0. The number of nitrogens with one attached hydrogen (secondary N) is 1. The zero-order chi connectivity index (χ0) is 11.9. The van der Waals surface area contributed by atoms with Gasteiger partial charge in [0, 0.05) is 6.54 Å². The molecule has 0 fully saturated rings. The third-order valence-electron chi connectivity index (χ3n) is 1.42. The molecule has 0 radical (unpaired) electrons. The monoisotopic (exact) mass is 229 g/mol. The fourth-order valence-electron chi connectivity index (χ4n) is 0.658. The Kier molecular flexibility index (Phi) is 5.73. The van der Waals surface area contributed by atoms with Crippen LogP contribution in [0, 0.1) is 0 Å². The van der Waals surface area contributed by atoms with E-state index in [1.54, 1.807) is 5.32 Å². The van der Waals surface area contributed by atoms with Crippen molar-refractivity contribution in [1.82, 2.24) is 5.32 Å². The van der Waals surface area contributed by atoms with Crippen LogP contribution in [-0.4, -0.2) is 31.4 Å². The van der Waals surface area contributed by atoms with Gasteiger partial charge in [0.15, 0.2) is 0 Å². The number of rotatable bonds is 7. The van der Waals surface area contributed by atoms with Gasteiger partial charge in [0.05, 0.1) is 12.9 Å². The molecule has 3 nitrogen and oxygen atoms in total. The lowest BCUT2D eigenvalue weighted by Gasteiger charge is -2.14. The maximum atomic E-state index is 12.3. The highest BCUT2D eigenvalue weighted by Crippen LogP contribution is 2.22. The first-order valence-electron chi connectivity index (χ1n) is 4.09. The Morgan fingerprint density at radius 3 is 2.60 bits per heavy atom. The maximum absolute atomic E-state index is 12.3. The average Bonchev–Trinajstić information content (AvgIpc) is 2.16. The molecule has 0 spiro atoms. The Morgan fingerprint density at radius 2 is 2.13 bits per heavy atom. The molecule has 0 aliphatic carbocycles. The van der Waals surface area contributed by atoms with Crippen LogP contribution in [0.15, 0.2) is 12.8 Å². The van der Waals surface area contributed by atoms with E-state index < -0.39 is 18.3 Å². The number of carbonyl (C=O) groups is 1. The Hall–Kier alpha value is -1.27. The summed E-state index contributed by atoms with van der Waals surface area (Å²) < 4.78 is 52.5. The topological polar surface area (TPSA) is 38.3 Å². The van der Waals surface area contributed by atoms with Crippen molar-refractivity contribution < 1.29 is 27.1 Å². The van der Waals surface area contributed by atoms with Gasteiger partial charge in [0.2, 0.25) is 0 Å². The second kappa shape index (κ2) is 6.26. The van der Waals surface area contributed by atoms with Crippen molar-refractivity contribution in [3.8, 4) is 0 Å². The lowest BCUT2D eigenvalue weighted by molar-refractivity contribution is -0.169. The highest BCUT2D eigenvalue weighted by Gasteiger charge is 2.48. The average molecular weight is 229 g/mol. The SMILES string of the molecule is C=COCCCNC(=O)C(F)(F)C(F)F. The number of ether oxygens (including phenoxy) is 1. The first-order valence-corrected chi connectivity index (χ1v) is 4.09. The molecule has 15 heavy (non-hydrogen) atoms. The van der Waals surface area contributed by atoms with E-state index in [4.69, 9.17) is 0 Å². The van der Waals surface area contributed by atoms with Crippen molar-refractivity contribution in [2.75, 3.05) is 13.2 Å². The van der Waals surface area contributed by atoms with Gasteiger partial charge in [-0.15, -0.1) is 0 Å². The number of carbonyl (C=O) groups excluding carboxylic acids is 1. The largest absolute Gasteiger partial charge is 0.502 e. The molecule has 0 aromatic heterocycles. The molecule has 1 amide bonds. The predicted octanol–water partition coefficient (Wildman–Crippen LogP) is 1.55. The smallest absolute Gasteiger partial charge is 0.383 e. The van der Waals surface area contributed by atoms with Crippen molar-refractivity contribution in [2.45, 2.75) is 18.8 Å². The molecule has 0 aliphatic heterocycles. The number of hydrogen-bond acceptors (Lipinski definition) is 2. The fraction of sp³-hybridized carbons (Fsp3) is 0.625. The third kappa shape index (κ3) is 4.66. The van der Waals surface area contributed by atoms with E-state index in [1.807, 2.05) is 0 Å². The van der Waals surface area contributed by atoms with E-state index in [1.165, 1.54) is 0 Å². The van der Waals surface area contributed by atoms with E-state index in [9.17, 15) is 22.4 Å². The van der Waals surface area contributed by atoms with Crippen LogP contribution in [0.25, 0.3) is 0 Å². The number of amides is 1. The molecule has 0 rings (SSSR count). The van der Waals surface area contributed by atoms with Crippen LogP contribution in [0.2, 0.25) is 0 Å². The highest BCUT2D eigenvalue weighted by molar-refractivity contribution is 5.83. The Bertz CT molecular complexity index is 221. The van der Waals surface area contributed by atoms with Crippen molar-refractivity contribution in [2.24, 2.45) is 0 Å². The summed E-state index contributed by atoms with van der Waals surface area (Å²) in [5.41, 5.74) is 0. The number of hydrogen-bond donors (Lipinski definition) is 1. The van der Waals surface area contributed by atoms with Crippen LogP contribution in [0.1, 0.15) is 6.42 Å². The molecule has 88 valence electrons. The second-order valence-corrected chi connectivity index (χ2v) is 2.57. The van der Waals surface area contributed by atoms with E-state index in [2.05, 4.69) is 11.3 Å². The molecule has 7 heteroatoms. The molecule has 1 N–H and O–H groups in total. The summed E-state index contributed by atoms with van der Waals surface area (Å²) in [6.45, 7) is 3.24. The lowest BCUT2D eigenvalue weighted by atomic mass is 10.3. The van der Waals surface area contributed by atoms with Gasteiger partial charge in [-0.3, -0.25) is 4.79 Å². The lowest BCUT2D eigenvalue weighted by Crippen LogP contribution is -2.45. The van der Waals surface area contributed by atoms with Gasteiger partial charge in [-0.05, 0) is 6.42 Å². The first-order chi connectivity index (χ1) is 6.92. The zero-order valence-corrected chi connectivity index (χ0v) is 7.81. The molecule has 0 aromatic rings. The van der Waals surface area contributed by atoms with E-state index in [0.717, 1.165) is 6.26 Å². The highest BCUT2D eigenvalue weighted by atomic mass is 19.3. The van der Waals surface area contributed by atoms with Crippen molar-refractivity contribution >= 4 is 5.91 Å². The van der Waals surface area contributed by atoms with Gasteiger partial charge in [-0.2, -0.15) is 8.78 Å². The Balaban J connectivity index is 3.79. The fourth-order valence-corrected chi connectivity index (χ4v) is 0.658. The minimum atomic E-state index is -4.64. The van der Waals surface area contributed by atoms with Gasteiger partial charge < -0.3 is 10.1 Å². The molecule has 0 bridgehead atoms. The van der Waals surface area contributed by atoms with Crippen molar-refractivity contribution in [3.05, 3.63) is 12.8 Å². The molecule has 0 aliphatic rings.